The van der Waals surface area contributed by atoms with E-state index in [1.54, 1.807) is 4.90 Å². The first-order chi connectivity index (χ1) is 11.1. The molecular weight excluding hydrogens is 326 g/mol. The average Bonchev–Trinajstić information content (AvgIpc) is 2.96. The van der Waals surface area contributed by atoms with Crippen LogP contribution in [0.4, 0.5) is 5.69 Å². The molecule has 2 fully saturated rings. The van der Waals surface area contributed by atoms with Crippen LogP contribution in [0.3, 0.4) is 0 Å². The largest absolute Gasteiger partial charge is 0.337 e. The molecule has 3 rings (SSSR count). The molecule has 1 aromatic rings. The molecule has 0 aliphatic carbocycles. The van der Waals surface area contributed by atoms with Crippen molar-refractivity contribution in [2.24, 2.45) is 5.92 Å². The van der Waals surface area contributed by atoms with Gasteiger partial charge in [0.2, 0.25) is 11.8 Å². The summed E-state index contributed by atoms with van der Waals surface area (Å²) in [6, 6.07) is 8.18. The molecule has 2 atom stereocenters. The average molecular weight is 352 g/mol. The van der Waals surface area contributed by atoms with E-state index >= 15 is 0 Å². The number of para-hydroxylation sites is 1. The molecule has 2 amide bonds. The van der Waals surface area contributed by atoms with Gasteiger partial charge in [0, 0.05) is 44.3 Å². The topological polar surface area (TPSA) is 52.7 Å². The molecule has 2 heterocycles. The molecule has 0 saturated carbocycles. The van der Waals surface area contributed by atoms with Crippen molar-refractivity contribution in [3.63, 3.8) is 0 Å². The van der Waals surface area contributed by atoms with Crippen LogP contribution in [0.15, 0.2) is 24.3 Å². The van der Waals surface area contributed by atoms with Gasteiger partial charge in [-0.1, -0.05) is 25.1 Å². The molecule has 1 unspecified atom stereocenters. The van der Waals surface area contributed by atoms with Crippen LogP contribution in [0.2, 0.25) is 0 Å². The molecule has 6 heteroatoms. The summed E-state index contributed by atoms with van der Waals surface area (Å²) in [7, 11) is 0. The van der Waals surface area contributed by atoms with E-state index in [4.69, 9.17) is 0 Å². The van der Waals surface area contributed by atoms with Crippen LogP contribution in [-0.2, 0) is 16.0 Å². The molecule has 0 bridgehead atoms. The number of hydrogen-bond donors (Lipinski definition) is 1. The Bertz CT molecular complexity index is 608. The fraction of sp³-hybridized carbons (Fsp3) is 0.556. The Hall–Kier alpha value is -1.59. The number of hydrogen-bond acceptors (Lipinski definition) is 3. The molecule has 24 heavy (non-hydrogen) atoms. The fourth-order valence-corrected chi connectivity index (χ4v) is 3.58. The number of carbonyl (C=O) groups excluding carboxylic acids is 2. The standard InChI is InChI=1S/C18H25N3O2.ClH/c1-3-14-6-4-5-7-16(14)21-12-15(10-17(21)22)18(23)20-9-8-19-11-13(20)2;/h4-7,13,15,19H,3,8-12H2,1-2H3;1H/t13-,15?;/m1./s1. The second kappa shape index (κ2) is 7.99. The van der Waals surface area contributed by atoms with Crippen molar-refractivity contribution < 1.29 is 9.59 Å². The third kappa shape index (κ3) is 3.57. The van der Waals surface area contributed by atoms with E-state index < -0.39 is 0 Å². The summed E-state index contributed by atoms with van der Waals surface area (Å²) < 4.78 is 0. The molecule has 0 aromatic heterocycles. The van der Waals surface area contributed by atoms with Crippen molar-refractivity contribution in [3.05, 3.63) is 29.8 Å². The van der Waals surface area contributed by atoms with Gasteiger partial charge in [0.05, 0.1) is 5.92 Å². The number of nitrogens with one attached hydrogen (secondary N) is 1. The lowest BCUT2D eigenvalue weighted by atomic mass is 10.0. The fourth-order valence-electron chi connectivity index (χ4n) is 3.58. The molecule has 1 N–H and O–H groups in total. The van der Waals surface area contributed by atoms with Crippen molar-refractivity contribution in [3.8, 4) is 0 Å². The highest BCUT2D eigenvalue weighted by Gasteiger charge is 2.39. The summed E-state index contributed by atoms with van der Waals surface area (Å²) in [4.78, 5) is 29.0. The Morgan fingerprint density at radius 2 is 2.08 bits per heavy atom. The maximum absolute atomic E-state index is 12.8. The van der Waals surface area contributed by atoms with Crippen molar-refractivity contribution in [1.82, 2.24) is 10.2 Å². The van der Waals surface area contributed by atoms with Crippen molar-refractivity contribution in [2.75, 3.05) is 31.1 Å². The van der Waals surface area contributed by atoms with Gasteiger partial charge in [0.15, 0.2) is 0 Å². The van der Waals surface area contributed by atoms with E-state index in [-0.39, 0.29) is 36.2 Å². The van der Waals surface area contributed by atoms with E-state index in [9.17, 15) is 9.59 Å². The van der Waals surface area contributed by atoms with Gasteiger partial charge in [0.25, 0.3) is 0 Å². The molecule has 132 valence electrons. The van der Waals surface area contributed by atoms with E-state index in [1.807, 2.05) is 23.1 Å². The van der Waals surface area contributed by atoms with Gasteiger partial charge in [0.1, 0.15) is 0 Å². The molecular formula is C18H26ClN3O2. The van der Waals surface area contributed by atoms with E-state index in [0.717, 1.165) is 37.3 Å². The Balaban J connectivity index is 0.00000208. The molecule has 0 spiro atoms. The van der Waals surface area contributed by atoms with Gasteiger partial charge in [-0.3, -0.25) is 9.59 Å². The van der Waals surface area contributed by atoms with Gasteiger partial charge < -0.3 is 15.1 Å². The molecule has 2 aliphatic rings. The lowest BCUT2D eigenvalue weighted by Crippen LogP contribution is -2.54. The highest BCUT2D eigenvalue weighted by atomic mass is 35.5. The monoisotopic (exact) mass is 351 g/mol. The number of halogens is 1. The van der Waals surface area contributed by atoms with Gasteiger partial charge >= 0.3 is 0 Å². The first kappa shape index (κ1) is 18.7. The Labute approximate surface area is 149 Å². The third-order valence-corrected chi connectivity index (χ3v) is 4.92. The van der Waals surface area contributed by atoms with Gasteiger partial charge in [-0.05, 0) is 25.0 Å². The minimum absolute atomic E-state index is 0. The number of piperazine rings is 1. The molecule has 0 radical (unpaired) electrons. The number of anilines is 1. The normalized spacial score (nSPS) is 24.0. The Morgan fingerprint density at radius 3 is 2.79 bits per heavy atom. The van der Waals surface area contributed by atoms with Crippen LogP contribution in [0.25, 0.3) is 0 Å². The second-order valence-electron chi connectivity index (χ2n) is 6.47. The number of nitrogens with zero attached hydrogens (tertiary/aromatic N) is 2. The second-order valence-corrected chi connectivity index (χ2v) is 6.47. The highest BCUT2D eigenvalue weighted by molar-refractivity contribution is 6.00. The minimum atomic E-state index is -0.215. The summed E-state index contributed by atoms with van der Waals surface area (Å²) in [5, 5.41) is 3.30. The van der Waals surface area contributed by atoms with Crippen LogP contribution >= 0.6 is 12.4 Å². The van der Waals surface area contributed by atoms with Gasteiger partial charge in [-0.15, -0.1) is 12.4 Å². The first-order valence-electron chi connectivity index (χ1n) is 8.51. The number of benzene rings is 1. The highest BCUT2D eigenvalue weighted by Crippen LogP contribution is 2.29. The zero-order valence-corrected chi connectivity index (χ0v) is 15.1. The SMILES string of the molecule is CCc1ccccc1N1CC(C(=O)N2CCNC[C@H]2C)CC1=O.Cl. The lowest BCUT2D eigenvalue weighted by molar-refractivity contribution is -0.138. The summed E-state index contributed by atoms with van der Waals surface area (Å²) in [5.41, 5.74) is 2.12. The van der Waals surface area contributed by atoms with E-state index in [1.165, 1.54) is 0 Å². The van der Waals surface area contributed by atoms with Crippen LogP contribution in [0, 0.1) is 5.92 Å². The lowest BCUT2D eigenvalue weighted by Gasteiger charge is -2.35. The van der Waals surface area contributed by atoms with Crippen LogP contribution in [0.5, 0.6) is 0 Å². The summed E-state index contributed by atoms with van der Waals surface area (Å²) >= 11 is 0. The molecule has 1 aromatic carbocycles. The smallest absolute Gasteiger partial charge is 0.228 e. The van der Waals surface area contributed by atoms with Gasteiger partial charge in [-0.25, -0.2) is 0 Å². The number of carbonyl (C=O) groups is 2. The summed E-state index contributed by atoms with van der Waals surface area (Å²) in [5.74, 6) is -0.0242. The quantitative estimate of drug-likeness (QED) is 0.904. The molecule has 5 nitrogen and oxygen atoms in total. The maximum atomic E-state index is 12.8. The van der Waals surface area contributed by atoms with Crippen molar-refractivity contribution in [1.29, 1.82) is 0 Å². The zero-order chi connectivity index (χ0) is 16.4. The molecule has 2 aliphatic heterocycles. The third-order valence-electron chi connectivity index (χ3n) is 4.92. The maximum Gasteiger partial charge on any atom is 0.228 e. The van der Waals surface area contributed by atoms with Gasteiger partial charge in [-0.2, -0.15) is 0 Å². The van der Waals surface area contributed by atoms with E-state index in [0.29, 0.717) is 13.0 Å². The van der Waals surface area contributed by atoms with Crippen molar-refractivity contribution in [2.45, 2.75) is 32.7 Å². The van der Waals surface area contributed by atoms with Crippen molar-refractivity contribution >= 4 is 29.9 Å². The first-order valence-corrected chi connectivity index (χ1v) is 8.51. The Kier molecular flexibility index (Phi) is 6.24. The molecule has 2 saturated heterocycles. The van der Waals surface area contributed by atoms with Crippen LogP contribution in [0.1, 0.15) is 25.8 Å². The van der Waals surface area contributed by atoms with E-state index in [2.05, 4.69) is 25.2 Å². The van der Waals surface area contributed by atoms with Crippen LogP contribution < -0.4 is 10.2 Å². The predicted octanol–water partition coefficient (Wildman–Crippen LogP) is 1.84. The number of rotatable bonds is 3. The Morgan fingerprint density at radius 1 is 1.33 bits per heavy atom. The number of amides is 2. The van der Waals surface area contributed by atoms with Crippen LogP contribution in [-0.4, -0.2) is 48.9 Å². The predicted molar refractivity (Wildman–Crippen MR) is 97.6 cm³/mol. The summed E-state index contributed by atoms with van der Waals surface area (Å²) in [6.45, 7) is 7.05. The summed E-state index contributed by atoms with van der Waals surface area (Å²) in [6.07, 6.45) is 1.21. The zero-order valence-electron chi connectivity index (χ0n) is 14.3. The number of aryl methyl sites for hydroxylation is 1. The minimum Gasteiger partial charge on any atom is -0.337 e.